The summed E-state index contributed by atoms with van der Waals surface area (Å²) in [7, 11) is 2.19. The fourth-order valence-corrected chi connectivity index (χ4v) is 3.31. The molecule has 1 heterocycles. The van der Waals surface area contributed by atoms with E-state index >= 15 is 0 Å². The minimum atomic E-state index is 0.502. The third-order valence-electron chi connectivity index (χ3n) is 4.36. The van der Waals surface area contributed by atoms with E-state index in [2.05, 4.69) is 29.1 Å². The van der Waals surface area contributed by atoms with Crippen molar-refractivity contribution in [1.82, 2.24) is 9.88 Å². The molecule has 106 valence electrons. The highest BCUT2D eigenvalue weighted by Gasteiger charge is 2.25. The first kappa shape index (κ1) is 14.5. The molecule has 1 saturated carbocycles. The summed E-state index contributed by atoms with van der Waals surface area (Å²) in [5, 5.41) is 0. The number of nitrogens with zero attached hydrogens (tertiary/aromatic N) is 2. The molecule has 0 radical (unpaired) electrons. The molecule has 0 spiro atoms. The van der Waals surface area contributed by atoms with Gasteiger partial charge in [-0.05, 0) is 44.9 Å². The highest BCUT2D eigenvalue weighted by atomic mass is 15.1. The van der Waals surface area contributed by atoms with Crippen LogP contribution < -0.4 is 5.73 Å². The Kier molecular flexibility index (Phi) is 5.34. The zero-order valence-corrected chi connectivity index (χ0v) is 12.3. The van der Waals surface area contributed by atoms with Gasteiger partial charge in [0.25, 0.3) is 0 Å². The number of aryl methyl sites for hydroxylation is 1. The Bertz CT molecular complexity index is 385. The first-order valence-corrected chi connectivity index (χ1v) is 7.53. The second-order valence-electron chi connectivity index (χ2n) is 5.89. The number of aromatic nitrogens is 1. The van der Waals surface area contributed by atoms with Gasteiger partial charge < -0.3 is 5.73 Å². The minimum Gasteiger partial charge on any atom is -0.329 e. The molecule has 1 aliphatic carbocycles. The summed E-state index contributed by atoms with van der Waals surface area (Å²) in [6, 6.07) is 6.75. The quantitative estimate of drug-likeness (QED) is 0.886. The van der Waals surface area contributed by atoms with E-state index in [1.807, 2.05) is 13.0 Å². The zero-order chi connectivity index (χ0) is 13.7. The molecule has 1 atom stereocenters. The van der Waals surface area contributed by atoms with Gasteiger partial charge in [-0.1, -0.05) is 25.3 Å². The fraction of sp³-hybridized carbons (Fsp3) is 0.688. The maximum atomic E-state index is 6.03. The molecule has 1 aromatic rings. The van der Waals surface area contributed by atoms with Crippen LogP contribution in [-0.4, -0.2) is 29.5 Å². The largest absolute Gasteiger partial charge is 0.329 e. The summed E-state index contributed by atoms with van der Waals surface area (Å²) in [4.78, 5) is 6.99. The van der Waals surface area contributed by atoms with Gasteiger partial charge in [0.2, 0.25) is 0 Å². The third-order valence-corrected chi connectivity index (χ3v) is 4.36. The van der Waals surface area contributed by atoms with Gasteiger partial charge >= 0.3 is 0 Å². The van der Waals surface area contributed by atoms with Gasteiger partial charge in [-0.3, -0.25) is 9.88 Å². The topological polar surface area (TPSA) is 42.1 Å². The maximum absolute atomic E-state index is 6.03. The highest BCUT2D eigenvalue weighted by molar-refractivity contribution is 5.10. The molecule has 1 fully saturated rings. The number of nitrogens with two attached hydrogens (primary N) is 1. The Morgan fingerprint density at radius 3 is 2.68 bits per heavy atom. The van der Waals surface area contributed by atoms with E-state index in [9.17, 15) is 0 Å². The number of pyridine rings is 1. The molecule has 0 aromatic carbocycles. The molecule has 1 aliphatic rings. The maximum Gasteiger partial charge on any atom is 0.0547 e. The van der Waals surface area contributed by atoms with Crippen LogP contribution in [0.15, 0.2) is 18.2 Å². The second kappa shape index (κ2) is 7.01. The molecule has 0 saturated heterocycles. The lowest BCUT2D eigenvalue weighted by Crippen LogP contribution is -2.43. The Morgan fingerprint density at radius 1 is 1.32 bits per heavy atom. The second-order valence-corrected chi connectivity index (χ2v) is 5.89. The predicted octanol–water partition coefficient (Wildman–Crippen LogP) is 2.73. The van der Waals surface area contributed by atoms with Crippen LogP contribution in [0.25, 0.3) is 0 Å². The van der Waals surface area contributed by atoms with Gasteiger partial charge in [-0.25, -0.2) is 0 Å². The van der Waals surface area contributed by atoms with Gasteiger partial charge in [0, 0.05) is 24.8 Å². The van der Waals surface area contributed by atoms with Crippen LogP contribution in [0, 0.1) is 12.8 Å². The van der Waals surface area contributed by atoms with Crippen LogP contribution in [0.2, 0.25) is 0 Å². The minimum absolute atomic E-state index is 0.502. The van der Waals surface area contributed by atoms with E-state index in [1.54, 1.807) is 0 Å². The monoisotopic (exact) mass is 261 g/mol. The van der Waals surface area contributed by atoms with Crippen molar-refractivity contribution < 1.29 is 0 Å². The Balaban J connectivity index is 1.97. The summed E-state index contributed by atoms with van der Waals surface area (Å²) in [5.41, 5.74) is 8.27. The lowest BCUT2D eigenvalue weighted by Gasteiger charge is -2.36. The van der Waals surface area contributed by atoms with Crippen LogP contribution in [-0.2, 0) is 6.54 Å². The molecule has 3 heteroatoms. The molecular formula is C16H27N3. The van der Waals surface area contributed by atoms with Crippen LogP contribution >= 0.6 is 0 Å². The molecular weight excluding hydrogens is 234 g/mol. The van der Waals surface area contributed by atoms with Gasteiger partial charge in [0.15, 0.2) is 0 Å². The van der Waals surface area contributed by atoms with Crippen molar-refractivity contribution in [1.29, 1.82) is 0 Å². The molecule has 2 N–H and O–H groups in total. The van der Waals surface area contributed by atoms with Crippen molar-refractivity contribution in [3.8, 4) is 0 Å². The van der Waals surface area contributed by atoms with Crippen LogP contribution in [0.3, 0.4) is 0 Å². The van der Waals surface area contributed by atoms with E-state index in [1.165, 1.54) is 32.1 Å². The molecule has 0 aliphatic heterocycles. The molecule has 0 bridgehead atoms. The van der Waals surface area contributed by atoms with Crippen molar-refractivity contribution in [3.63, 3.8) is 0 Å². The normalized spacial score (nSPS) is 18.7. The van der Waals surface area contributed by atoms with Crippen molar-refractivity contribution in [2.24, 2.45) is 11.7 Å². The summed E-state index contributed by atoms with van der Waals surface area (Å²) in [6.45, 7) is 3.71. The van der Waals surface area contributed by atoms with E-state index in [4.69, 9.17) is 5.73 Å². The lowest BCUT2D eigenvalue weighted by atomic mass is 9.83. The lowest BCUT2D eigenvalue weighted by molar-refractivity contribution is 0.141. The zero-order valence-electron chi connectivity index (χ0n) is 12.3. The number of hydrogen-bond donors (Lipinski definition) is 1. The van der Waals surface area contributed by atoms with Crippen LogP contribution in [0.5, 0.6) is 0 Å². The highest BCUT2D eigenvalue weighted by Crippen LogP contribution is 2.28. The van der Waals surface area contributed by atoms with Crippen LogP contribution in [0.1, 0.15) is 43.5 Å². The third kappa shape index (κ3) is 4.02. The molecule has 2 rings (SSSR count). The standard InChI is InChI=1S/C16H27N3/c1-13-7-6-10-15(18-13)12-19(2)16(11-17)14-8-4-3-5-9-14/h6-7,10,14,16H,3-5,8-9,11-12,17H2,1-2H3. The first-order chi connectivity index (χ1) is 9.20. The average Bonchev–Trinajstić information content (AvgIpc) is 2.41. The molecule has 1 aromatic heterocycles. The number of likely N-dealkylation sites (N-methyl/N-ethyl adjacent to an activating group) is 1. The fourth-order valence-electron chi connectivity index (χ4n) is 3.31. The van der Waals surface area contributed by atoms with Crippen molar-refractivity contribution >= 4 is 0 Å². The molecule has 3 nitrogen and oxygen atoms in total. The summed E-state index contributed by atoms with van der Waals surface area (Å²) in [5.74, 6) is 0.772. The number of hydrogen-bond acceptors (Lipinski definition) is 3. The first-order valence-electron chi connectivity index (χ1n) is 7.53. The average molecular weight is 261 g/mol. The Labute approximate surface area is 117 Å². The predicted molar refractivity (Wildman–Crippen MR) is 79.9 cm³/mol. The summed E-state index contributed by atoms with van der Waals surface area (Å²) < 4.78 is 0. The van der Waals surface area contributed by atoms with E-state index in [-0.39, 0.29) is 0 Å². The smallest absolute Gasteiger partial charge is 0.0547 e. The Morgan fingerprint density at radius 2 is 2.05 bits per heavy atom. The van der Waals surface area contributed by atoms with Crippen molar-refractivity contribution in [2.45, 2.75) is 51.6 Å². The molecule has 0 amide bonds. The van der Waals surface area contributed by atoms with Crippen LogP contribution in [0.4, 0.5) is 0 Å². The van der Waals surface area contributed by atoms with E-state index in [0.29, 0.717) is 6.04 Å². The van der Waals surface area contributed by atoms with Crippen molar-refractivity contribution in [3.05, 3.63) is 29.6 Å². The SMILES string of the molecule is Cc1cccc(CN(C)C(CN)C2CCCCC2)n1. The molecule has 19 heavy (non-hydrogen) atoms. The van der Waals surface area contributed by atoms with Crippen molar-refractivity contribution in [2.75, 3.05) is 13.6 Å². The van der Waals surface area contributed by atoms with Gasteiger partial charge in [0.05, 0.1) is 5.69 Å². The summed E-state index contributed by atoms with van der Waals surface area (Å²) >= 11 is 0. The van der Waals surface area contributed by atoms with Gasteiger partial charge in [-0.15, -0.1) is 0 Å². The number of rotatable bonds is 5. The van der Waals surface area contributed by atoms with E-state index in [0.717, 1.165) is 30.4 Å². The molecule has 1 unspecified atom stereocenters. The summed E-state index contributed by atoms with van der Waals surface area (Å²) in [6.07, 6.45) is 6.83. The van der Waals surface area contributed by atoms with Gasteiger partial charge in [-0.2, -0.15) is 0 Å². The van der Waals surface area contributed by atoms with Gasteiger partial charge in [0.1, 0.15) is 0 Å². The Hall–Kier alpha value is -0.930. The van der Waals surface area contributed by atoms with E-state index < -0.39 is 0 Å².